The molecule has 1 heterocycles. The number of aryl methyl sites for hydroxylation is 1. The maximum absolute atomic E-state index is 4.40. The van der Waals surface area contributed by atoms with Gasteiger partial charge in [0.2, 0.25) is 0 Å². The van der Waals surface area contributed by atoms with Gasteiger partial charge in [0, 0.05) is 12.7 Å². The molecule has 0 fully saturated rings. The number of aromatic nitrogens is 2. The first-order valence-corrected chi connectivity index (χ1v) is 4.67. The summed E-state index contributed by atoms with van der Waals surface area (Å²) in [6, 6.07) is 0. The van der Waals surface area contributed by atoms with E-state index in [9.17, 15) is 0 Å². The molecule has 2 nitrogen and oxygen atoms in total. The molecule has 0 aliphatic carbocycles. The first-order chi connectivity index (χ1) is 5.15. The summed E-state index contributed by atoms with van der Waals surface area (Å²) < 4.78 is 3.06. The number of hydrogen-bond donors (Lipinski definition) is 0. The normalized spacial score (nSPS) is 11.0. The second-order valence-electron chi connectivity index (χ2n) is 2.87. The van der Waals surface area contributed by atoms with Crippen molar-refractivity contribution in [1.29, 1.82) is 0 Å². The summed E-state index contributed by atoms with van der Waals surface area (Å²) in [5.41, 5.74) is 1.15. The Morgan fingerprint density at radius 2 is 2.27 bits per heavy atom. The Kier molecular flexibility index (Phi) is 2.71. The number of halogens is 1. The lowest BCUT2D eigenvalue weighted by atomic mass is 10.1. The van der Waals surface area contributed by atoms with E-state index in [2.05, 4.69) is 41.8 Å². The van der Waals surface area contributed by atoms with Crippen LogP contribution in [-0.4, -0.2) is 9.78 Å². The fraction of sp³-hybridized carbons (Fsp3) is 0.625. The lowest BCUT2D eigenvalue weighted by molar-refractivity contribution is 0.635. The fourth-order valence-electron chi connectivity index (χ4n) is 0.965. The molecule has 0 radical (unpaired) electrons. The summed E-state index contributed by atoms with van der Waals surface area (Å²) in [5.74, 6) is 0.497. The molecular weight excluding hydrogens is 204 g/mol. The summed E-state index contributed by atoms with van der Waals surface area (Å²) in [7, 11) is 0. The highest BCUT2D eigenvalue weighted by atomic mass is 79.9. The minimum Gasteiger partial charge on any atom is -0.272 e. The molecule has 0 N–H and O–H groups in total. The predicted octanol–water partition coefficient (Wildman–Crippen LogP) is 2.79. The van der Waals surface area contributed by atoms with Gasteiger partial charge in [0.05, 0.1) is 10.2 Å². The monoisotopic (exact) mass is 216 g/mol. The Labute approximate surface area is 75.7 Å². The van der Waals surface area contributed by atoms with Crippen LogP contribution >= 0.6 is 15.9 Å². The van der Waals surface area contributed by atoms with E-state index in [1.54, 1.807) is 0 Å². The molecule has 0 bridgehead atoms. The second-order valence-corrected chi connectivity index (χ2v) is 3.73. The van der Waals surface area contributed by atoms with Gasteiger partial charge in [0.1, 0.15) is 0 Å². The van der Waals surface area contributed by atoms with Gasteiger partial charge in [0.15, 0.2) is 0 Å². The van der Waals surface area contributed by atoms with Gasteiger partial charge in [-0.25, -0.2) is 0 Å². The zero-order chi connectivity index (χ0) is 8.43. The average molecular weight is 217 g/mol. The molecule has 0 atom stereocenters. The quantitative estimate of drug-likeness (QED) is 0.744. The van der Waals surface area contributed by atoms with Crippen LogP contribution in [0.1, 0.15) is 32.4 Å². The van der Waals surface area contributed by atoms with E-state index >= 15 is 0 Å². The lowest BCUT2D eigenvalue weighted by Gasteiger charge is -1.98. The number of rotatable bonds is 2. The van der Waals surface area contributed by atoms with Crippen molar-refractivity contribution in [2.75, 3.05) is 0 Å². The van der Waals surface area contributed by atoms with Crippen LogP contribution in [-0.2, 0) is 6.54 Å². The Bertz CT molecular complexity index is 240. The Hall–Kier alpha value is -0.310. The maximum Gasteiger partial charge on any atom is 0.0791 e. The van der Waals surface area contributed by atoms with Crippen LogP contribution in [0.3, 0.4) is 0 Å². The molecule has 11 heavy (non-hydrogen) atoms. The van der Waals surface area contributed by atoms with Crippen molar-refractivity contribution in [1.82, 2.24) is 9.78 Å². The van der Waals surface area contributed by atoms with Gasteiger partial charge in [-0.15, -0.1) is 0 Å². The lowest BCUT2D eigenvalue weighted by Crippen LogP contribution is -1.96. The molecule has 1 aromatic heterocycles. The minimum absolute atomic E-state index is 0.497. The summed E-state index contributed by atoms with van der Waals surface area (Å²) in [5, 5.41) is 4.40. The zero-order valence-corrected chi connectivity index (χ0v) is 8.72. The van der Waals surface area contributed by atoms with Crippen molar-refractivity contribution in [3.05, 3.63) is 16.4 Å². The largest absolute Gasteiger partial charge is 0.272 e. The molecule has 0 saturated carbocycles. The van der Waals surface area contributed by atoms with E-state index in [0.29, 0.717) is 5.92 Å². The minimum atomic E-state index is 0.497. The summed E-state index contributed by atoms with van der Waals surface area (Å²) >= 11 is 3.48. The number of hydrogen-bond acceptors (Lipinski definition) is 1. The van der Waals surface area contributed by atoms with E-state index in [4.69, 9.17) is 0 Å². The highest BCUT2D eigenvalue weighted by molar-refractivity contribution is 9.10. The van der Waals surface area contributed by atoms with Crippen molar-refractivity contribution < 1.29 is 0 Å². The molecule has 1 aromatic rings. The van der Waals surface area contributed by atoms with Crippen molar-refractivity contribution in [3.63, 3.8) is 0 Å². The Morgan fingerprint density at radius 3 is 2.55 bits per heavy atom. The molecule has 62 valence electrons. The van der Waals surface area contributed by atoms with Gasteiger partial charge in [-0.1, -0.05) is 13.8 Å². The molecule has 1 rings (SSSR count). The van der Waals surface area contributed by atoms with Crippen molar-refractivity contribution in [3.8, 4) is 0 Å². The van der Waals surface area contributed by atoms with E-state index in [0.717, 1.165) is 16.7 Å². The third-order valence-electron chi connectivity index (χ3n) is 1.61. The molecule has 0 aliphatic rings. The molecule has 0 aliphatic heterocycles. The smallest absolute Gasteiger partial charge is 0.0791 e. The van der Waals surface area contributed by atoms with Crippen LogP contribution in [0.4, 0.5) is 0 Å². The predicted molar refractivity (Wildman–Crippen MR) is 49.7 cm³/mol. The van der Waals surface area contributed by atoms with E-state index in [-0.39, 0.29) is 0 Å². The highest BCUT2D eigenvalue weighted by Crippen LogP contribution is 2.22. The highest BCUT2D eigenvalue weighted by Gasteiger charge is 2.08. The molecule has 3 heteroatoms. The van der Waals surface area contributed by atoms with Crippen LogP contribution in [0.15, 0.2) is 10.7 Å². The van der Waals surface area contributed by atoms with Crippen LogP contribution in [0.5, 0.6) is 0 Å². The van der Waals surface area contributed by atoms with Crippen LogP contribution < -0.4 is 0 Å². The first kappa shape index (κ1) is 8.78. The zero-order valence-electron chi connectivity index (χ0n) is 7.13. The van der Waals surface area contributed by atoms with E-state index in [1.165, 1.54) is 0 Å². The van der Waals surface area contributed by atoms with Gasteiger partial charge in [0.25, 0.3) is 0 Å². The van der Waals surface area contributed by atoms with Crippen molar-refractivity contribution in [2.45, 2.75) is 33.2 Å². The molecule has 0 saturated heterocycles. The van der Waals surface area contributed by atoms with Crippen molar-refractivity contribution in [2.24, 2.45) is 0 Å². The molecule has 0 aromatic carbocycles. The van der Waals surface area contributed by atoms with Crippen molar-refractivity contribution >= 4 is 15.9 Å². The van der Waals surface area contributed by atoms with E-state index in [1.807, 2.05) is 10.9 Å². The molecule has 0 unspecified atom stereocenters. The summed E-state index contributed by atoms with van der Waals surface area (Å²) in [4.78, 5) is 0. The van der Waals surface area contributed by atoms with Gasteiger partial charge in [-0.3, -0.25) is 4.68 Å². The van der Waals surface area contributed by atoms with Crippen LogP contribution in [0, 0.1) is 0 Å². The second kappa shape index (κ2) is 3.39. The van der Waals surface area contributed by atoms with Crippen LogP contribution in [0.2, 0.25) is 0 Å². The standard InChI is InChI=1S/C8H13BrN2/c1-4-11-5-7(9)8(10-11)6(2)3/h5-6H,4H2,1-3H3. The third kappa shape index (κ3) is 1.83. The number of nitrogens with zero attached hydrogens (tertiary/aromatic N) is 2. The molecule has 0 amide bonds. The average Bonchev–Trinajstić information content (AvgIpc) is 2.30. The summed E-state index contributed by atoms with van der Waals surface area (Å²) in [6.07, 6.45) is 2.02. The van der Waals surface area contributed by atoms with Crippen LogP contribution in [0.25, 0.3) is 0 Å². The van der Waals surface area contributed by atoms with Gasteiger partial charge in [-0.2, -0.15) is 5.10 Å². The van der Waals surface area contributed by atoms with Gasteiger partial charge < -0.3 is 0 Å². The summed E-state index contributed by atoms with van der Waals surface area (Å²) in [6.45, 7) is 7.31. The Balaban J connectivity index is 2.97. The SMILES string of the molecule is CCn1cc(Br)c(C(C)C)n1. The fourth-order valence-corrected chi connectivity index (χ4v) is 1.74. The third-order valence-corrected chi connectivity index (χ3v) is 2.23. The topological polar surface area (TPSA) is 17.8 Å². The Morgan fingerprint density at radius 1 is 1.64 bits per heavy atom. The molecular formula is C8H13BrN2. The van der Waals surface area contributed by atoms with Gasteiger partial charge in [-0.05, 0) is 28.8 Å². The first-order valence-electron chi connectivity index (χ1n) is 3.88. The maximum atomic E-state index is 4.40. The van der Waals surface area contributed by atoms with Gasteiger partial charge >= 0.3 is 0 Å². The van der Waals surface area contributed by atoms with E-state index < -0.39 is 0 Å². The molecule has 0 spiro atoms.